The molecule has 3 aromatic rings. The number of carboxylic acid groups (broad SMARTS) is 2. The molecule has 3 rings (SSSR count). The van der Waals surface area contributed by atoms with Gasteiger partial charge in [-0.2, -0.15) is 52.7 Å². The van der Waals surface area contributed by atoms with Gasteiger partial charge in [0.25, 0.3) is 0 Å². The first kappa shape index (κ1) is 31.3. The molecule has 0 saturated heterocycles. The number of carbonyl (C=O) groups is 2. The molecule has 4 nitrogen and oxygen atoms in total. The summed E-state index contributed by atoms with van der Waals surface area (Å²) in [6.45, 7) is 0. The first-order valence-electron chi connectivity index (χ1n) is 10.7. The number of hydrogen-bond acceptors (Lipinski definition) is 2. The van der Waals surface area contributed by atoms with Crippen LogP contribution in [0.1, 0.15) is 54.1 Å². The van der Waals surface area contributed by atoms with Crippen LogP contribution < -0.4 is 0 Å². The summed E-state index contributed by atoms with van der Waals surface area (Å²) in [5, 5.41) is 18.2. The lowest BCUT2D eigenvalue weighted by molar-refractivity contribution is -0.174. The van der Waals surface area contributed by atoms with E-state index >= 15 is 13.2 Å². The third-order valence-electron chi connectivity index (χ3n) is 6.02. The average molecular weight is 604 g/mol. The summed E-state index contributed by atoms with van der Waals surface area (Å²) in [5.74, 6) is -4.09. The van der Waals surface area contributed by atoms with Crippen LogP contribution in [0.5, 0.6) is 0 Å². The van der Waals surface area contributed by atoms with Gasteiger partial charge in [0.05, 0.1) is 27.8 Å². The smallest absolute Gasteiger partial charge is 0.416 e. The monoisotopic (exact) mass is 604 g/mol. The Kier molecular flexibility index (Phi) is 7.63. The summed E-state index contributed by atoms with van der Waals surface area (Å²) >= 11 is 0. The minimum Gasteiger partial charge on any atom is -0.478 e. The van der Waals surface area contributed by atoms with E-state index in [-0.39, 0.29) is 60.7 Å². The van der Waals surface area contributed by atoms with E-state index in [0.717, 1.165) is 0 Å². The summed E-state index contributed by atoms with van der Waals surface area (Å²) in [5.41, 5.74) is -18.8. The van der Waals surface area contributed by atoms with E-state index in [1.807, 2.05) is 0 Å². The van der Waals surface area contributed by atoms with Crippen molar-refractivity contribution in [2.24, 2.45) is 0 Å². The van der Waals surface area contributed by atoms with E-state index in [4.69, 9.17) is 10.2 Å². The predicted octanol–water partition coefficient (Wildman–Crippen LogP) is 8.04. The van der Waals surface area contributed by atoms with E-state index < -0.39 is 86.6 Å². The van der Waals surface area contributed by atoms with Crippen molar-refractivity contribution in [1.29, 1.82) is 0 Å². The molecule has 0 aliphatic carbocycles. The Labute approximate surface area is 220 Å². The van der Waals surface area contributed by atoms with Crippen LogP contribution in [0.25, 0.3) is 0 Å². The summed E-state index contributed by atoms with van der Waals surface area (Å²) in [6.07, 6.45) is -23.0. The highest BCUT2D eigenvalue weighted by atomic mass is 19.4. The summed E-state index contributed by atoms with van der Waals surface area (Å²) in [7, 11) is 0. The first-order valence-corrected chi connectivity index (χ1v) is 10.7. The Hall–Kier alpha value is -4.24. The van der Waals surface area contributed by atoms with Gasteiger partial charge in [-0.05, 0) is 53.1 Å². The second kappa shape index (κ2) is 9.99. The molecule has 220 valence electrons. The Morgan fingerprint density at radius 2 is 0.805 bits per heavy atom. The predicted molar refractivity (Wildman–Crippen MR) is 114 cm³/mol. The number of carboxylic acids is 2. The molecule has 0 spiro atoms. The van der Waals surface area contributed by atoms with E-state index in [2.05, 4.69) is 0 Å². The maximum atomic E-state index is 15.2. The summed E-state index contributed by atoms with van der Waals surface area (Å²) in [6, 6.07) is -0.0266. The summed E-state index contributed by atoms with van der Waals surface area (Å²) in [4.78, 5) is 22.6. The van der Waals surface area contributed by atoms with Crippen molar-refractivity contribution in [3.63, 3.8) is 0 Å². The van der Waals surface area contributed by atoms with Gasteiger partial charge in [0.2, 0.25) is 0 Å². The van der Waals surface area contributed by atoms with Gasteiger partial charge in [0, 0.05) is 0 Å². The highest BCUT2D eigenvalue weighted by Gasteiger charge is 2.63. The molecular formula is C25H12F12O4. The van der Waals surface area contributed by atoms with Crippen molar-refractivity contribution in [2.75, 3.05) is 0 Å². The highest BCUT2D eigenvalue weighted by Crippen LogP contribution is 2.56. The number of benzene rings is 3. The van der Waals surface area contributed by atoms with Crippen molar-refractivity contribution < 1.29 is 72.5 Å². The van der Waals surface area contributed by atoms with Crippen molar-refractivity contribution in [3.05, 3.63) is 105 Å². The third kappa shape index (κ3) is 5.67. The molecule has 0 unspecified atom stereocenters. The molecule has 0 atom stereocenters. The quantitative estimate of drug-likeness (QED) is 0.229. The van der Waals surface area contributed by atoms with Crippen molar-refractivity contribution in [3.8, 4) is 0 Å². The molecule has 0 aromatic heterocycles. The molecule has 0 heterocycles. The molecule has 0 aliphatic rings. The number of alkyl halides is 12. The van der Waals surface area contributed by atoms with Crippen LogP contribution in [0, 0.1) is 0 Å². The Morgan fingerprint density at radius 3 is 1.07 bits per heavy atom. The lowest BCUT2D eigenvalue weighted by Crippen LogP contribution is -2.47. The van der Waals surface area contributed by atoms with Gasteiger partial charge in [-0.3, -0.25) is 0 Å². The number of hydrogen-bond donors (Lipinski definition) is 2. The lowest BCUT2D eigenvalue weighted by Gasteiger charge is -2.40. The lowest BCUT2D eigenvalue weighted by atomic mass is 9.65. The maximum Gasteiger partial charge on any atom is 0.416 e. The highest BCUT2D eigenvalue weighted by molar-refractivity contribution is 5.89. The second-order valence-corrected chi connectivity index (χ2v) is 8.45. The zero-order valence-corrected chi connectivity index (χ0v) is 19.5. The third-order valence-corrected chi connectivity index (χ3v) is 6.02. The fraction of sp³-hybridized carbons (Fsp3) is 0.200. The van der Waals surface area contributed by atoms with Gasteiger partial charge in [0.1, 0.15) is 5.41 Å². The fourth-order valence-corrected chi connectivity index (χ4v) is 4.31. The molecule has 0 aliphatic heterocycles. The number of aromatic carboxylic acids is 2. The van der Waals surface area contributed by atoms with Gasteiger partial charge in [-0.1, -0.05) is 24.3 Å². The van der Waals surface area contributed by atoms with Gasteiger partial charge in [0.15, 0.2) is 0 Å². The van der Waals surface area contributed by atoms with Crippen LogP contribution in [-0.4, -0.2) is 28.3 Å². The van der Waals surface area contributed by atoms with E-state index in [0.29, 0.717) is 0 Å². The van der Waals surface area contributed by atoms with Crippen LogP contribution in [0.15, 0.2) is 60.7 Å². The Morgan fingerprint density at radius 1 is 0.463 bits per heavy atom. The van der Waals surface area contributed by atoms with Crippen molar-refractivity contribution in [1.82, 2.24) is 0 Å². The molecule has 3 aromatic carbocycles. The largest absolute Gasteiger partial charge is 0.478 e. The average Bonchev–Trinajstić information content (AvgIpc) is 2.82. The van der Waals surface area contributed by atoms with Crippen LogP contribution in [0.2, 0.25) is 0 Å². The zero-order chi connectivity index (χ0) is 31.3. The number of halogens is 12. The van der Waals surface area contributed by atoms with Gasteiger partial charge >= 0.3 is 36.6 Å². The zero-order valence-electron chi connectivity index (χ0n) is 19.5. The fourth-order valence-electron chi connectivity index (χ4n) is 4.31. The van der Waals surface area contributed by atoms with Crippen LogP contribution >= 0.6 is 0 Å². The second-order valence-electron chi connectivity index (χ2n) is 8.45. The molecule has 2 N–H and O–H groups in total. The van der Waals surface area contributed by atoms with Crippen LogP contribution in [-0.2, 0) is 23.9 Å². The SMILES string of the molecule is O=C(O)c1ccc(C(c2ccc(C(F)(F)F)cc2)(c2ccc(C(=O)O)cc2C(F)(F)F)C(F)(F)F)c(C(F)(F)F)c1. The van der Waals surface area contributed by atoms with Gasteiger partial charge in [-0.15, -0.1) is 0 Å². The minimum atomic E-state index is -6.19. The van der Waals surface area contributed by atoms with E-state index in [1.54, 1.807) is 0 Å². The first-order chi connectivity index (χ1) is 18.5. The van der Waals surface area contributed by atoms with Crippen molar-refractivity contribution >= 4 is 11.9 Å². The minimum absolute atomic E-state index is 0.00752. The van der Waals surface area contributed by atoms with E-state index in [1.165, 1.54) is 0 Å². The maximum absolute atomic E-state index is 15.2. The van der Waals surface area contributed by atoms with Crippen LogP contribution in [0.3, 0.4) is 0 Å². The molecule has 41 heavy (non-hydrogen) atoms. The molecule has 0 amide bonds. The van der Waals surface area contributed by atoms with E-state index in [9.17, 15) is 49.1 Å². The molecule has 16 heteroatoms. The molecule has 0 radical (unpaired) electrons. The van der Waals surface area contributed by atoms with Gasteiger partial charge < -0.3 is 10.2 Å². The standard InChI is InChI=1S/C25H12F12O4/c26-22(27,28)14-5-3-13(4-6-14)21(25(35,36)37,15-7-1-11(19(38)39)9-17(15)23(29,30)31)16-8-2-12(20(40)41)10-18(16)24(32,33)34/h1-10H,(H,38,39)(H,40,41). The molecule has 0 bridgehead atoms. The Balaban J connectivity index is 2.69. The van der Waals surface area contributed by atoms with Crippen LogP contribution in [0.4, 0.5) is 52.7 Å². The topological polar surface area (TPSA) is 74.6 Å². The molecule has 0 saturated carbocycles. The molecular weight excluding hydrogens is 592 g/mol. The molecule has 0 fully saturated rings. The normalized spacial score (nSPS) is 13.3. The number of rotatable bonds is 5. The van der Waals surface area contributed by atoms with Crippen molar-refractivity contribution in [2.45, 2.75) is 30.1 Å². The van der Waals surface area contributed by atoms with Gasteiger partial charge in [-0.25, -0.2) is 9.59 Å². The Bertz CT molecular complexity index is 1410. The summed E-state index contributed by atoms with van der Waals surface area (Å²) < 4.78 is 170.